The van der Waals surface area contributed by atoms with E-state index in [1.807, 2.05) is 114 Å². The second-order valence-corrected chi connectivity index (χ2v) is 12.4. The van der Waals surface area contributed by atoms with Crippen molar-refractivity contribution in [2.24, 2.45) is 0 Å². The minimum atomic E-state index is 0.787. The molecule has 9 aromatic heterocycles. The average Bonchev–Trinajstić information content (AvgIpc) is 3.97. The van der Waals surface area contributed by atoms with Gasteiger partial charge in [0.25, 0.3) is 0 Å². The molecule has 3 N–H and O–H groups in total. The van der Waals surface area contributed by atoms with Crippen LogP contribution in [0.2, 0.25) is 0 Å². The fourth-order valence-electron chi connectivity index (χ4n) is 5.05. The second-order valence-electron chi connectivity index (χ2n) is 10.6. The van der Waals surface area contributed by atoms with Gasteiger partial charge < -0.3 is 33.6 Å². The molecule has 240 valence electrons. The van der Waals surface area contributed by atoms with E-state index in [0.717, 1.165) is 56.8 Å². The van der Waals surface area contributed by atoms with Gasteiger partial charge in [0.15, 0.2) is 5.76 Å². The van der Waals surface area contributed by atoms with E-state index in [2.05, 4.69) is 71.6 Å². The SMILES string of the molecule is CNc1ccn2cc(-c3ccco3)nc2c1.CNc1ccn2cc(-c3cccs3)nc2c1.CNc1ccn2cc(-c3ccsc3)nc2c1. The van der Waals surface area contributed by atoms with Gasteiger partial charge in [-0.1, -0.05) is 6.07 Å². The van der Waals surface area contributed by atoms with Crippen LogP contribution in [-0.4, -0.2) is 49.3 Å². The first-order valence-electron chi connectivity index (χ1n) is 15.2. The number of thiophene rings is 2. The van der Waals surface area contributed by atoms with Crippen molar-refractivity contribution in [1.82, 2.24) is 28.2 Å². The number of nitrogens with zero attached hydrogens (tertiary/aromatic N) is 6. The molecule has 10 nitrogen and oxygen atoms in total. The molecule has 0 radical (unpaired) electrons. The molecule has 9 heterocycles. The molecule has 0 amide bonds. The summed E-state index contributed by atoms with van der Waals surface area (Å²) in [6, 6.07) is 22.1. The molecule has 0 aromatic carbocycles. The molecule has 12 heteroatoms. The number of imidazole rings is 3. The highest BCUT2D eigenvalue weighted by Gasteiger charge is 2.08. The zero-order valence-corrected chi connectivity index (χ0v) is 28.2. The number of nitrogens with one attached hydrogen (secondary N) is 3. The Morgan fingerprint density at radius 2 is 1.17 bits per heavy atom. The van der Waals surface area contributed by atoms with E-state index in [-0.39, 0.29) is 0 Å². The van der Waals surface area contributed by atoms with E-state index in [9.17, 15) is 0 Å². The molecule has 0 spiro atoms. The highest BCUT2D eigenvalue weighted by molar-refractivity contribution is 7.13. The Balaban J connectivity index is 0.000000114. The van der Waals surface area contributed by atoms with Gasteiger partial charge in [0.05, 0.1) is 22.5 Å². The number of hydrogen-bond acceptors (Lipinski definition) is 9. The maximum atomic E-state index is 5.31. The quantitative estimate of drug-likeness (QED) is 0.162. The highest BCUT2D eigenvalue weighted by Crippen LogP contribution is 2.25. The van der Waals surface area contributed by atoms with Crippen molar-refractivity contribution in [2.45, 2.75) is 0 Å². The third-order valence-corrected chi connectivity index (χ3v) is 9.19. The molecular formula is C36H33N9OS2. The van der Waals surface area contributed by atoms with Crippen molar-refractivity contribution >= 4 is 56.7 Å². The molecule has 0 saturated carbocycles. The van der Waals surface area contributed by atoms with Crippen molar-refractivity contribution in [3.8, 4) is 33.3 Å². The lowest BCUT2D eigenvalue weighted by Gasteiger charge is -1.98. The molecule has 0 bridgehead atoms. The molecule has 0 saturated heterocycles. The van der Waals surface area contributed by atoms with E-state index in [1.165, 1.54) is 10.4 Å². The third kappa shape index (κ3) is 6.66. The van der Waals surface area contributed by atoms with Crippen LogP contribution in [0.1, 0.15) is 0 Å². The van der Waals surface area contributed by atoms with Crippen LogP contribution in [0.4, 0.5) is 17.1 Å². The lowest BCUT2D eigenvalue weighted by atomic mass is 10.3. The van der Waals surface area contributed by atoms with Crippen LogP contribution in [0, 0.1) is 0 Å². The second kappa shape index (κ2) is 13.9. The lowest BCUT2D eigenvalue weighted by Crippen LogP contribution is -1.89. The summed E-state index contributed by atoms with van der Waals surface area (Å²) in [6.45, 7) is 0. The predicted octanol–water partition coefficient (Wildman–Crippen LogP) is 8.85. The Labute approximate surface area is 285 Å². The monoisotopic (exact) mass is 671 g/mol. The third-order valence-electron chi connectivity index (χ3n) is 7.61. The predicted molar refractivity (Wildman–Crippen MR) is 199 cm³/mol. The van der Waals surface area contributed by atoms with Crippen molar-refractivity contribution < 1.29 is 4.42 Å². The fourth-order valence-corrected chi connectivity index (χ4v) is 6.38. The van der Waals surface area contributed by atoms with Gasteiger partial charge in [-0.2, -0.15) is 11.3 Å². The number of rotatable bonds is 6. The standard InChI is InChI=1S/C12H11N3O.2C12H11N3S/c1-13-9-4-5-15-8-10(14-12(15)7-9)11-3-2-6-16-11;1-13-10-2-4-15-7-11(14-12(15)6-10)9-3-5-16-8-9;1-13-9-4-5-15-8-10(14-12(15)7-9)11-3-2-6-16-11/h3*2-8,13H,1H3. The van der Waals surface area contributed by atoms with Crippen LogP contribution in [0.5, 0.6) is 0 Å². The summed E-state index contributed by atoms with van der Waals surface area (Å²) in [5.41, 5.74) is 10.1. The fraction of sp³-hybridized carbons (Fsp3) is 0.0833. The molecule has 0 aliphatic heterocycles. The number of aromatic nitrogens is 6. The van der Waals surface area contributed by atoms with E-state index < -0.39 is 0 Å². The van der Waals surface area contributed by atoms with Gasteiger partial charge in [-0.25, -0.2) is 15.0 Å². The number of furan rings is 1. The number of fused-ring (bicyclic) bond motifs is 3. The molecule has 9 aromatic rings. The van der Waals surface area contributed by atoms with Gasteiger partial charge in [0.1, 0.15) is 22.6 Å². The molecule has 0 atom stereocenters. The summed E-state index contributed by atoms with van der Waals surface area (Å²) < 4.78 is 11.4. The summed E-state index contributed by atoms with van der Waals surface area (Å²) in [6.07, 6.45) is 13.7. The molecule has 0 aliphatic carbocycles. The summed E-state index contributed by atoms with van der Waals surface area (Å²) in [7, 11) is 5.71. The van der Waals surface area contributed by atoms with Crippen molar-refractivity contribution in [1.29, 1.82) is 0 Å². The Morgan fingerprint density at radius 1 is 0.604 bits per heavy atom. The van der Waals surface area contributed by atoms with Crippen LogP contribution in [0.25, 0.3) is 50.2 Å². The summed E-state index contributed by atoms with van der Waals surface area (Å²) in [4.78, 5) is 14.9. The molecule has 9 rings (SSSR count). The first-order valence-corrected chi connectivity index (χ1v) is 17.0. The van der Waals surface area contributed by atoms with Gasteiger partial charge in [-0.3, -0.25) is 0 Å². The highest BCUT2D eigenvalue weighted by atomic mass is 32.1. The molecule has 0 unspecified atom stereocenters. The van der Waals surface area contributed by atoms with Crippen molar-refractivity contribution in [3.05, 3.63) is 126 Å². The first kappa shape index (κ1) is 30.8. The maximum Gasteiger partial charge on any atom is 0.153 e. The van der Waals surface area contributed by atoms with Crippen LogP contribution in [0.3, 0.4) is 0 Å². The zero-order valence-electron chi connectivity index (χ0n) is 26.5. The van der Waals surface area contributed by atoms with E-state index in [4.69, 9.17) is 4.42 Å². The van der Waals surface area contributed by atoms with Crippen LogP contribution >= 0.6 is 22.7 Å². The van der Waals surface area contributed by atoms with Gasteiger partial charge in [-0.05, 0) is 53.2 Å². The van der Waals surface area contributed by atoms with E-state index >= 15 is 0 Å². The zero-order chi connectivity index (χ0) is 32.9. The summed E-state index contributed by atoms with van der Waals surface area (Å²) in [5.74, 6) is 0.787. The molecule has 0 aliphatic rings. The Morgan fingerprint density at radius 3 is 1.67 bits per heavy atom. The van der Waals surface area contributed by atoms with Crippen LogP contribution < -0.4 is 16.0 Å². The van der Waals surface area contributed by atoms with Gasteiger partial charge in [0, 0.05) is 105 Å². The van der Waals surface area contributed by atoms with Gasteiger partial charge >= 0.3 is 0 Å². The normalized spacial score (nSPS) is 10.8. The van der Waals surface area contributed by atoms with E-state index in [0.29, 0.717) is 0 Å². The largest absolute Gasteiger partial charge is 0.463 e. The van der Waals surface area contributed by atoms with Crippen LogP contribution in [0.15, 0.2) is 131 Å². The van der Waals surface area contributed by atoms with Gasteiger partial charge in [0.2, 0.25) is 0 Å². The van der Waals surface area contributed by atoms with Gasteiger partial charge in [-0.15, -0.1) is 11.3 Å². The minimum Gasteiger partial charge on any atom is -0.463 e. The minimum absolute atomic E-state index is 0.787. The number of hydrogen-bond donors (Lipinski definition) is 3. The summed E-state index contributed by atoms with van der Waals surface area (Å²) >= 11 is 3.40. The lowest BCUT2D eigenvalue weighted by molar-refractivity contribution is 0.580. The molecule has 0 fully saturated rings. The van der Waals surface area contributed by atoms with Crippen molar-refractivity contribution in [3.63, 3.8) is 0 Å². The maximum absolute atomic E-state index is 5.31. The van der Waals surface area contributed by atoms with Crippen LogP contribution in [-0.2, 0) is 0 Å². The van der Waals surface area contributed by atoms with Crippen molar-refractivity contribution in [2.75, 3.05) is 37.1 Å². The average molecular weight is 672 g/mol. The molecular weight excluding hydrogens is 639 g/mol. The Hall–Kier alpha value is -5.85. The Kier molecular flexibility index (Phi) is 8.90. The topological polar surface area (TPSA) is 101 Å². The Bertz CT molecular complexity index is 2100. The molecule has 48 heavy (non-hydrogen) atoms. The summed E-state index contributed by atoms with van der Waals surface area (Å²) in [5, 5.41) is 15.6. The first-order chi connectivity index (χ1) is 23.6. The number of anilines is 3. The smallest absolute Gasteiger partial charge is 0.153 e. The van der Waals surface area contributed by atoms with E-state index in [1.54, 1.807) is 28.9 Å². The number of pyridine rings is 3.